The zero-order chi connectivity index (χ0) is 22.1. The number of anilines is 1. The fraction of sp³-hybridized carbons (Fsp3) is 0.565. The molecule has 32 heavy (non-hydrogen) atoms. The molecule has 1 aliphatic heterocycles. The Morgan fingerprint density at radius 1 is 1.19 bits per heavy atom. The van der Waals surface area contributed by atoms with Crippen molar-refractivity contribution >= 4 is 27.8 Å². The second kappa shape index (κ2) is 8.77. The van der Waals surface area contributed by atoms with Crippen molar-refractivity contribution in [2.45, 2.75) is 57.8 Å². The normalized spacial score (nSPS) is 22.5. The van der Waals surface area contributed by atoms with Gasteiger partial charge in [0.05, 0.1) is 13.2 Å². The van der Waals surface area contributed by atoms with Crippen LogP contribution in [-0.2, 0) is 40.3 Å². The molecular weight excluding hydrogens is 426 g/mol. The summed E-state index contributed by atoms with van der Waals surface area (Å²) >= 11 is 0. The van der Waals surface area contributed by atoms with Gasteiger partial charge in [-0.3, -0.25) is 0 Å². The van der Waals surface area contributed by atoms with E-state index in [2.05, 4.69) is 25.8 Å². The lowest BCUT2D eigenvalue weighted by molar-refractivity contribution is 0.157. The van der Waals surface area contributed by atoms with Gasteiger partial charge in [0, 0.05) is 18.4 Å². The highest BCUT2D eigenvalue weighted by Gasteiger charge is 2.29. The Balaban J connectivity index is 1.45. The highest BCUT2D eigenvalue weighted by molar-refractivity contribution is 7.97. The molecule has 5 rings (SSSR count). The Labute approximate surface area is 189 Å². The zero-order valence-corrected chi connectivity index (χ0v) is 19.1. The molecule has 172 valence electrons. The molecule has 4 N–H and O–H groups in total. The number of amides is 2. The SMILES string of the molecule is N=C/C(=C1\NCCCO1)S(=O)(=NCC1CC1)NC(=O)Nc1c2c(cc3c1CCC3)CCC2. The van der Waals surface area contributed by atoms with Crippen LogP contribution in [-0.4, -0.2) is 36.2 Å². The third-order valence-corrected chi connectivity index (χ3v) is 8.53. The van der Waals surface area contributed by atoms with Gasteiger partial charge in [-0.25, -0.2) is 18.1 Å². The van der Waals surface area contributed by atoms with E-state index in [9.17, 15) is 9.00 Å². The first kappa shape index (κ1) is 21.3. The molecule has 1 saturated carbocycles. The number of benzene rings is 1. The summed E-state index contributed by atoms with van der Waals surface area (Å²) in [7, 11) is -3.37. The van der Waals surface area contributed by atoms with Crippen molar-refractivity contribution in [2.75, 3.05) is 25.0 Å². The van der Waals surface area contributed by atoms with Crippen LogP contribution in [0.25, 0.3) is 0 Å². The molecule has 2 amide bonds. The van der Waals surface area contributed by atoms with Crippen molar-refractivity contribution in [3.05, 3.63) is 39.1 Å². The molecule has 1 heterocycles. The van der Waals surface area contributed by atoms with Gasteiger partial charge in [-0.05, 0) is 86.0 Å². The van der Waals surface area contributed by atoms with Crippen LogP contribution in [0.15, 0.2) is 21.2 Å². The Hall–Kier alpha value is -2.55. The van der Waals surface area contributed by atoms with Crippen molar-refractivity contribution in [2.24, 2.45) is 10.3 Å². The van der Waals surface area contributed by atoms with Crippen LogP contribution in [0.1, 0.15) is 54.4 Å². The molecule has 0 bridgehead atoms. The number of nitrogens with one attached hydrogen (secondary N) is 4. The summed E-state index contributed by atoms with van der Waals surface area (Å²) in [6, 6.07) is 1.77. The maximum Gasteiger partial charge on any atom is 0.331 e. The van der Waals surface area contributed by atoms with Crippen LogP contribution in [0.3, 0.4) is 0 Å². The Kier molecular flexibility index (Phi) is 5.84. The van der Waals surface area contributed by atoms with Crippen LogP contribution < -0.4 is 15.4 Å². The Bertz CT molecular complexity index is 1060. The van der Waals surface area contributed by atoms with Gasteiger partial charge < -0.3 is 20.8 Å². The van der Waals surface area contributed by atoms with Crippen molar-refractivity contribution in [1.29, 1.82) is 5.41 Å². The number of carbonyl (C=O) groups is 1. The van der Waals surface area contributed by atoms with E-state index in [1.165, 1.54) is 22.3 Å². The van der Waals surface area contributed by atoms with E-state index in [-0.39, 0.29) is 10.8 Å². The summed E-state index contributed by atoms with van der Waals surface area (Å²) in [6.45, 7) is 1.55. The number of rotatable bonds is 6. The number of aryl methyl sites for hydroxylation is 2. The first-order valence-corrected chi connectivity index (χ1v) is 13.2. The van der Waals surface area contributed by atoms with Gasteiger partial charge in [-0.1, -0.05) is 6.07 Å². The minimum absolute atomic E-state index is 0.0940. The summed E-state index contributed by atoms with van der Waals surface area (Å²) in [5, 5.41) is 14.0. The second-order valence-corrected chi connectivity index (χ2v) is 11.0. The lowest BCUT2D eigenvalue weighted by Gasteiger charge is -2.23. The first-order chi connectivity index (χ1) is 15.6. The molecule has 2 fully saturated rings. The summed E-state index contributed by atoms with van der Waals surface area (Å²) in [5.41, 5.74) is 5.96. The largest absolute Gasteiger partial charge is 0.478 e. The average molecular weight is 458 g/mol. The monoisotopic (exact) mass is 457 g/mol. The topological polar surface area (TPSA) is 116 Å². The number of ether oxygens (including phenoxy) is 1. The molecule has 1 aromatic rings. The molecule has 0 spiro atoms. The summed E-state index contributed by atoms with van der Waals surface area (Å²) in [4.78, 5) is 13.3. The van der Waals surface area contributed by atoms with E-state index in [1.54, 1.807) is 0 Å². The first-order valence-electron chi connectivity index (χ1n) is 11.7. The molecule has 0 aromatic heterocycles. The summed E-state index contributed by atoms with van der Waals surface area (Å²) in [6.07, 6.45) is 10.1. The number of hydrogen-bond acceptors (Lipinski definition) is 6. The van der Waals surface area contributed by atoms with Crippen molar-refractivity contribution < 1.29 is 13.7 Å². The Morgan fingerprint density at radius 2 is 1.91 bits per heavy atom. The molecular formula is C23H31N5O3S. The molecule has 1 atom stereocenters. The zero-order valence-electron chi connectivity index (χ0n) is 18.3. The number of carbonyl (C=O) groups excluding carboxylic acids is 1. The predicted molar refractivity (Wildman–Crippen MR) is 125 cm³/mol. The molecule has 4 aliphatic rings. The average Bonchev–Trinajstić information content (AvgIpc) is 3.29. The van der Waals surface area contributed by atoms with E-state index in [1.807, 2.05) is 0 Å². The van der Waals surface area contributed by atoms with E-state index in [4.69, 9.17) is 10.1 Å². The van der Waals surface area contributed by atoms with Crippen LogP contribution in [0.4, 0.5) is 10.5 Å². The second-order valence-electron chi connectivity index (χ2n) is 9.04. The third kappa shape index (κ3) is 4.22. The van der Waals surface area contributed by atoms with E-state index in [0.717, 1.165) is 69.7 Å². The van der Waals surface area contributed by atoms with Crippen molar-refractivity contribution in [3.8, 4) is 0 Å². The fourth-order valence-corrected chi connectivity index (χ4v) is 6.41. The van der Waals surface area contributed by atoms with Crippen molar-refractivity contribution in [3.63, 3.8) is 0 Å². The highest BCUT2D eigenvalue weighted by atomic mass is 32.2. The quantitative estimate of drug-likeness (QED) is 0.490. The molecule has 1 unspecified atom stereocenters. The maximum absolute atomic E-state index is 13.9. The predicted octanol–water partition coefficient (Wildman–Crippen LogP) is 3.41. The van der Waals surface area contributed by atoms with Gasteiger partial charge >= 0.3 is 6.03 Å². The molecule has 8 nitrogen and oxygen atoms in total. The summed E-state index contributed by atoms with van der Waals surface area (Å²) < 4.78 is 26.6. The van der Waals surface area contributed by atoms with Crippen LogP contribution in [0.5, 0.6) is 0 Å². The van der Waals surface area contributed by atoms with Gasteiger partial charge in [-0.2, -0.15) is 0 Å². The van der Waals surface area contributed by atoms with Gasteiger partial charge in [0.15, 0.2) is 9.92 Å². The number of allylic oxidation sites excluding steroid dienone is 1. The van der Waals surface area contributed by atoms with Gasteiger partial charge in [0.1, 0.15) is 4.91 Å². The lowest BCUT2D eigenvalue weighted by atomic mass is 9.99. The molecule has 1 aromatic carbocycles. The van der Waals surface area contributed by atoms with Gasteiger partial charge in [0.25, 0.3) is 0 Å². The van der Waals surface area contributed by atoms with Crippen LogP contribution in [0.2, 0.25) is 0 Å². The van der Waals surface area contributed by atoms with Crippen LogP contribution in [0, 0.1) is 11.3 Å². The van der Waals surface area contributed by atoms with Gasteiger partial charge in [0.2, 0.25) is 5.88 Å². The van der Waals surface area contributed by atoms with Crippen molar-refractivity contribution in [1.82, 2.24) is 10.0 Å². The molecule has 0 radical (unpaired) electrons. The smallest absolute Gasteiger partial charge is 0.331 e. The molecule has 1 saturated heterocycles. The number of hydrogen-bond donors (Lipinski definition) is 4. The Morgan fingerprint density at radius 3 is 2.50 bits per heavy atom. The summed E-state index contributed by atoms with van der Waals surface area (Å²) in [5.74, 6) is 0.677. The number of nitrogens with zero attached hydrogens (tertiary/aromatic N) is 1. The number of fused-ring (bicyclic) bond motifs is 2. The third-order valence-electron chi connectivity index (χ3n) is 6.66. The number of urea groups is 1. The van der Waals surface area contributed by atoms with E-state index in [0.29, 0.717) is 25.6 Å². The highest BCUT2D eigenvalue weighted by Crippen LogP contribution is 2.38. The standard InChI is InChI=1S/C23H31N5O3S/c24-13-20(22-25-10-3-11-31-22)32(30,26-14-15-8-9-15)28-23(29)27-21-18-6-1-4-16(18)12-17-5-2-7-19(17)21/h12-13,15,24-25H,1-11,14H2,(H2,26,27,28,29,30)/b22-20-,24-13?. The van der Waals surface area contributed by atoms with Gasteiger partial charge in [-0.15, -0.1) is 0 Å². The fourth-order valence-electron chi connectivity index (χ4n) is 4.83. The maximum atomic E-state index is 13.9. The minimum atomic E-state index is -3.37. The molecule has 3 aliphatic carbocycles. The molecule has 9 heteroatoms. The van der Waals surface area contributed by atoms with E-state index >= 15 is 0 Å². The minimum Gasteiger partial charge on any atom is -0.478 e. The lowest BCUT2D eigenvalue weighted by Crippen LogP contribution is -2.38. The van der Waals surface area contributed by atoms with Crippen LogP contribution >= 0.6 is 0 Å². The van der Waals surface area contributed by atoms with E-state index < -0.39 is 15.9 Å².